The van der Waals surface area contributed by atoms with Gasteiger partial charge < -0.3 is 4.57 Å². The summed E-state index contributed by atoms with van der Waals surface area (Å²) in [5.41, 5.74) is 2.59. The quantitative estimate of drug-likeness (QED) is 0.470. The second kappa shape index (κ2) is 6.62. The number of hydrogen-bond donors (Lipinski definition) is 0. The van der Waals surface area contributed by atoms with E-state index in [1.165, 1.54) is 53.9 Å². The molecule has 2 aromatic carbocycles. The van der Waals surface area contributed by atoms with Crippen LogP contribution in [-0.4, -0.2) is 4.57 Å². The van der Waals surface area contributed by atoms with Crippen LogP contribution in [0.2, 0.25) is 0 Å². The third-order valence-corrected chi connectivity index (χ3v) is 4.10. The topological polar surface area (TPSA) is 4.93 Å². The summed E-state index contributed by atoms with van der Waals surface area (Å²) >= 11 is 0. The number of benzene rings is 2. The maximum Gasteiger partial charge on any atom is 0.0534 e. The van der Waals surface area contributed by atoms with E-state index in [2.05, 4.69) is 72.3 Å². The Hall–Kier alpha value is -2.02. The van der Waals surface area contributed by atoms with Gasteiger partial charge in [-0.2, -0.15) is 0 Å². The molecule has 0 saturated carbocycles. The van der Waals surface area contributed by atoms with Crippen LogP contribution in [0.15, 0.2) is 54.6 Å². The smallest absolute Gasteiger partial charge is 0.0534 e. The van der Waals surface area contributed by atoms with E-state index in [0.29, 0.717) is 0 Å². The van der Waals surface area contributed by atoms with Crippen molar-refractivity contribution in [3.63, 3.8) is 0 Å². The van der Waals surface area contributed by atoms with Gasteiger partial charge in [-0.25, -0.2) is 0 Å². The monoisotopic (exact) mass is 277 g/mol. The average Bonchev–Trinajstić information content (AvgIpc) is 2.85. The lowest BCUT2D eigenvalue weighted by Gasteiger charge is -2.00. The first-order valence-electron chi connectivity index (χ1n) is 8.06. The molecule has 108 valence electrons. The molecule has 21 heavy (non-hydrogen) atoms. The Labute approximate surface area is 126 Å². The van der Waals surface area contributed by atoms with Gasteiger partial charge in [0.15, 0.2) is 0 Å². The van der Waals surface area contributed by atoms with Crippen molar-refractivity contribution in [1.82, 2.24) is 4.57 Å². The van der Waals surface area contributed by atoms with Crippen molar-refractivity contribution in [2.75, 3.05) is 0 Å². The molecular weight excluding hydrogens is 254 g/mol. The molecule has 0 atom stereocenters. The summed E-state index contributed by atoms with van der Waals surface area (Å²) in [5, 5.41) is 2.67. The highest BCUT2D eigenvalue weighted by atomic mass is 14.9. The maximum atomic E-state index is 2.32. The number of nitrogens with zero attached hydrogens (tertiary/aromatic N) is 1. The van der Waals surface area contributed by atoms with E-state index < -0.39 is 0 Å². The van der Waals surface area contributed by atoms with Gasteiger partial charge in [0, 0.05) is 17.0 Å². The predicted octanol–water partition coefficient (Wildman–Crippen LogP) is 6.24. The van der Waals surface area contributed by atoms with E-state index in [1.54, 1.807) is 0 Å². The molecule has 1 heteroatoms. The first kappa shape index (κ1) is 13.9. The molecule has 3 rings (SSSR count). The third-order valence-electron chi connectivity index (χ3n) is 4.10. The lowest BCUT2D eigenvalue weighted by Crippen LogP contribution is -1.85. The molecule has 0 unspecified atom stereocenters. The molecule has 0 radical (unpaired) electrons. The standard InChI is InChI=1S/C20H23N/c1-2-3-4-5-6-11-16-21-19-14-9-7-12-17(19)18-13-8-10-15-20(18)21/h7-16H,2-6H2,1H3. The summed E-state index contributed by atoms with van der Waals surface area (Å²) in [6, 6.07) is 17.3. The molecule has 1 heterocycles. The Kier molecular flexibility index (Phi) is 4.40. The van der Waals surface area contributed by atoms with Crippen molar-refractivity contribution in [3.8, 4) is 0 Å². The van der Waals surface area contributed by atoms with Crippen molar-refractivity contribution in [1.29, 1.82) is 0 Å². The van der Waals surface area contributed by atoms with Crippen LogP contribution in [0.3, 0.4) is 0 Å². The van der Waals surface area contributed by atoms with Gasteiger partial charge in [0.25, 0.3) is 0 Å². The van der Waals surface area contributed by atoms with Gasteiger partial charge in [-0.1, -0.05) is 68.7 Å². The molecule has 0 saturated heterocycles. The normalized spacial score (nSPS) is 11.9. The number of allylic oxidation sites excluding steroid dienone is 1. The van der Waals surface area contributed by atoms with Gasteiger partial charge in [0.1, 0.15) is 0 Å². The van der Waals surface area contributed by atoms with E-state index in [0.717, 1.165) is 0 Å². The van der Waals surface area contributed by atoms with Crippen LogP contribution in [0.25, 0.3) is 28.0 Å². The summed E-state index contributed by atoms with van der Waals surface area (Å²) in [5.74, 6) is 0. The van der Waals surface area contributed by atoms with Crippen molar-refractivity contribution in [3.05, 3.63) is 54.6 Å². The molecule has 1 aromatic heterocycles. The van der Waals surface area contributed by atoms with E-state index in [1.807, 2.05) is 0 Å². The zero-order valence-corrected chi connectivity index (χ0v) is 12.8. The fourth-order valence-electron chi connectivity index (χ4n) is 2.98. The van der Waals surface area contributed by atoms with E-state index >= 15 is 0 Å². The van der Waals surface area contributed by atoms with Crippen LogP contribution in [0.4, 0.5) is 0 Å². The molecular formula is C20H23N. The van der Waals surface area contributed by atoms with Crippen LogP contribution in [0.5, 0.6) is 0 Å². The fourth-order valence-corrected chi connectivity index (χ4v) is 2.98. The van der Waals surface area contributed by atoms with Gasteiger partial charge in [-0.3, -0.25) is 0 Å². The molecule has 0 bridgehead atoms. The number of rotatable bonds is 6. The Morgan fingerprint density at radius 3 is 2.05 bits per heavy atom. The Morgan fingerprint density at radius 2 is 1.43 bits per heavy atom. The number of fused-ring (bicyclic) bond motifs is 3. The Bertz CT molecular complexity index is 695. The van der Waals surface area contributed by atoms with Crippen LogP contribution in [0.1, 0.15) is 39.0 Å². The highest BCUT2D eigenvalue weighted by Gasteiger charge is 2.06. The number of unbranched alkanes of at least 4 members (excludes halogenated alkanes) is 4. The van der Waals surface area contributed by atoms with Crippen LogP contribution < -0.4 is 0 Å². The maximum absolute atomic E-state index is 2.32. The lowest BCUT2D eigenvalue weighted by atomic mass is 10.1. The van der Waals surface area contributed by atoms with Crippen molar-refractivity contribution in [2.24, 2.45) is 0 Å². The molecule has 0 spiro atoms. The first-order valence-corrected chi connectivity index (χ1v) is 8.06. The van der Waals surface area contributed by atoms with Crippen LogP contribution in [-0.2, 0) is 0 Å². The number of aromatic nitrogens is 1. The van der Waals surface area contributed by atoms with Gasteiger partial charge in [-0.05, 0) is 25.0 Å². The molecule has 3 aromatic rings. The highest BCUT2D eigenvalue weighted by molar-refractivity contribution is 6.09. The second-order valence-electron chi connectivity index (χ2n) is 5.64. The SMILES string of the molecule is CCCCCCC=Cn1c2ccccc2c2ccccc21. The molecule has 0 amide bonds. The minimum atomic E-state index is 1.17. The summed E-state index contributed by atoms with van der Waals surface area (Å²) in [6.07, 6.45) is 11.0. The third kappa shape index (κ3) is 2.87. The number of para-hydroxylation sites is 2. The van der Waals surface area contributed by atoms with Gasteiger partial charge in [-0.15, -0.1) is 0 Å². The largest absolute Gasteiger partial charge is 0.316 e. The van der Waals surface area contributed by atoms with Gasteiger partial charge in [0.2, 0.25) is 0 Å². The molecule has 0 fully saturated rings. The van der Waals surface area contributed by atoms with E-state index in [4.69, 9.17) is 0 Å². The second-order valence-corrected chi connectivity index (χ2v) is 5.64. The first-order chi connectivity index (χ1) is 10.4. The van der Waals surface area contributed by atoms with Crippen LogP contribution in [0, 0.1) is 0 Å². The number of hydrogen-bond acceptors (Lipinski definition) is 0. The van der Waals surface area contributed by atoms with Crippen LogP contribution >= 0.6 is 0 Å². The van der Waals surface area contributed by atoms with Gasteiger partial charge >= 0.3 is 0 Å². The van der Waals surface area contributed by atoms with Crippen molar-refractivity contribution < 1.29 is 0 Å². The molecule has 0 aliphatic rings. The van der Waals surface area contributed by atoms with Gasteiger partial charge in [0.05, 0.1) is 11.0 Å². The Morgan fingerprint density at radius 1 is 0.810 bits per heavy atom. The minimum Gasteiger partial charge on any atom is -0.316 e. The Balaban J connectivity index is 1.91. The lowest BCUT2D eigenvalue weighted by molar-refractivity contribution is 0.675. The molecule has 1 nitrogen and oxygen atoms in total. The van der Waals surface area contributed by atoms with E-state index in [9.17, 15) is 0 Å². The minimum absolute atomic E-state index is 1.17. The average molecular weight is 277 g/mol. The van der Waals surface area contributed by atoms with Crippen molar-refractivity contribution in [2.45, 2.75) is 39.0 Å². The molecule has 0 aliphatic heterocycles. The summed E-state index contributed by atoms with van der Waals surface area (Å²) in [4.78, 5) is 0. The van der Waals surface area contributed by atoms with Crippen molar-refractivity contribution >= 4 is 28.0 Å². The summed E-state index contributed by atoms with van der Waals surface area (Å²) < 4.78 is 2.32. The summed E-state index contributed by atoms with van der Waals surface area (Å²) in [7, 11) is 0. The zero-order chi connectivity index (χ0) is 14.5. The predicted molar refractivity (Wildman–Crippen MR) is 93.5 cm³/mol. The summed E-state index contributed by atoms with van der Waals surface area (Å²) in [6.45, 7) is 2.26. The molecule has 0 N–H and O–H groups in total. The highest BCUT2D eigenvalue weighted by Crippen LogP contribution is 2.28. The zero-order valence-electron chi connectivity index (χ0n) is 12.8. The van der Waals surface area contributed by atoms with E-state index in [-0.39, 0.29) is 0 Å². The molecule has 0 aliphatic carbocycles. The fraction of sp³-hybridized carbons (Fsp3) is 0.300.